The molecular weight excluding hydrogens is 274 g/mol. The SMILES string of the molecule is O=C(Cc1ccccc1)Nc1cnc2sccn2c1=O. The van der Waals surface area contributed by atoms with Gasteiger partial charge in [0, 0.05) is 11.6 Å². The minimum atomic E-state index is -0.266. The fourth-order valence-electron chi connectivity index (χ4n) is 1.89. The van der Waals surface area contributed by atoms with Gasteiger partial charge in [-0.25, -0.2) is 4.98 Å². The number of hydrogen-bond donors (Lipinski definition) is 1. The van der Waals surface area contributed by atoms with Crippen LogP contribution in [0.4, 0.5) is 5.69 Å². The van der Waals surface area contributed by atoms with E-state index in [1.807, 2.05) is 30.3 Å². The Morgan fingerprint density at radius 2 is 2.10 bits per heavy atom. The summed E-state index contributed by atoms with van der Waals surface area (Å²) in [6, 6.07) is 9.37. The van der Waals surface area contributed by atoms with Crippen LogP contribution in [0.5, 0.6) is 0 Å². The summed E-state index contributed by atoms with van der Waals surface area (Å²) in [5.74, 6) is -0.231. The van der Waals surface area contributed by atoms with Crippen molar-refractivity contribution in [1.29, 1.82) is 0 Å². The fraction of sp³-hybridized carbons (Fsp3) is 0.0714. The zero-order valence-corrected chi connectivity index (χ0v) is 11.3. The molecule has 2 heterocycles. The zero-order valence-electron chi connectivity index (χ0n) is 10.4. The number of carbonyl (C=O) groups excluding carboxylic acids is 1. The average molecular weight is 285 g/mol. The van der Waals surface area contributed by atoms with Crippen LogP contribution in [0.2, 0.25) is 0 Å². The number of aromatic nitrogens is 2. The van der Waals surface area contributed by atoms with Gasteiger partial charge < -0.3 is 5.32 Å². The summed E-state index contributed by atoms with van der Waals surface area (Å²) in [5, 5.41) is 4.39. The lowest BCUT2D eigenvalue weighted by Gasteiger charge is -2.04. The third kappa shape index (κ3) is 2.46. The summed E-state index contributed by atoms with van der Waals surface area (Å²) in [5.41, 5.74) is 0.828. The van der Waals surface area contributed by atoms with E-state index in [2.05, 4.69) is 10.3 Å². The van der Waals surface area contributed by atoms with Crippen molar-refractivity contribution in [1.82, 2.24) is 9.38 Å². The van der Waals surface area contributed by atoms with Crippen molar-refractivity contribution in [2.45, 2.75) is 6.42 Å². The standard InChI is InChI=1S/C14H11N3O2S/c18-12(8-10-4-2-1-3-5-10)16-11-9-15-14-17(13(11)19)6-7-20-14/h1-7,9H,8H2,(H,16,18). The molecule has 0 saturated carbocycles. The van der Waals surface area contributed by atoms with Crippen molar-refractivity contribution >= 4 is 27.9 Å². The number of thiazole rings is 1. The monoisotopic (exact) mass is 285 g/mol. The Balaban J connectivity index is 1.81. The largest absolute Gasteiger partial charge is 0.320 e. The first-order chi connectivity index (χ1) is 9.74. The third-order valence-corrected chi connectivity index (χ3v) is 3.60. The zero-order chi connectivity index (χ0) is 13.9. The number of rotatable bonds is 3. The molecule has 3 aromatic rings. The average Bonchev–Trinajstić information content (AvgIpc) is 2.92. The topological polar surface area (TPSA) is 63.5 Å². The molecule has 2 aromatic heterocycles. The first-order valence-electron chi connectivity index (χ1n) is 6.03. The maximum absolute atomic E-state index is 12.1. The molecule has 0 bridgehead atoms. The van der Waals surface area contributed by atoms with E-state index in [0.717, 1.165) is 5.56 Å². The number of fused-ring (bicyclic) bond motifs is 1. The Kier molecular flexibility index (Phi) is 3.30. The molecule has 0 fully saturated rings. The Labute approximate surface area is 118 Å². The summed E-state index contributed by atoms with van der Waals surface area (Å²) in [7, 11) is 0. The van der Waals surface area contributed by atoms with Crippen molar-refractivity contribution < 1.29 is 4.79 Å². The van der Waals surface area contributed by atoms with Gasteiger partial charge in [-0.15, -0.1) is 11.3 Å². The lowest BCUT2D eigenvalue weighted by Crippen LogP contribution is -2.23. The quantitative estimate of drug-likeness (QED) is 0.800. The molecule has 6 heteroatoms. The van der Waals surface area contributed by atoms with E-state index in [-0.39, 0.29) is 23.6 Å². The van der Waals surface area contributed by atoms with Crippen LogP contribution >= 0.6 is 11.3 Å². The molecular formula is C14H11N3O2S. The van der Waals surface area contributed by atoms with Crippen LogP contribution in [-0.2, 0) is 11.2 Å². The maximum atomic E-state index is 12.1. The molecule has 3 rings (SSSR count). The third-order valence-electron chi connectivity index (χ3n) is 2.82. The van der Waals surface area contributed by atoms with Crippen LogP contribution < -0.4 is 10.9 Å². The lowest BCUT2D eigenvalue weighted by molar-refractivity contribution is -0.115. The van der Waals surface area contributed by atoms with E-state index in [4.69, 9.17) is 0 Å². The predicted molar refractivity (Wildman–Crippen MR) is 78.1 cm³/mol. The normalized spacial score (nSPS) is 10.6. The van der Waals surface area contributed by atoms with Gasteiger partial charge in [-0.3, -0.25) is 14.0 Å². The molecule has 1 aromatic carbocycles. The second-order valence-corrected chi connectivity index (χ2v) is 5.12. The van der Waals surface area contributed by atoms with E-state index in [9.17, 15) is 9.59 Å². The first-order valence-corrected chi connectivity index (χ1v) is 6.90. The van der Waals surface area contributed by atoms with Gasteiger partial charge in [0.15, 0.2) is 4.96 Å². The van der Waals surface area contributed by atoms with Crippen molar-refractivity contribution in [2.24, 2.45) is 0 Å². The van der Waals surface area contributed by atoms with Gasteiger partial charge in [-0.05, 0) is 5.56 Å². The molecule has 0 unspecified atom stereocenters. The Morgan fingerprint density at radius 1 is 1.30 bits per heavy atom. The van der Waals surface area contributed by atoms with Crippen LogP contribution in [0.3, 0.4) is 0 Å². The van der Waals surface area contributed by atoms with E-state index >= 15 is 0 Å². The van der Waals surface area contributed by atoms with Gasteiger partial charge in [-0.2, -0.15) is 0 Å². The smallest absolute Gasteiger partial charge is 0.282 e. The van der Waals surface area contributed by atoms with Gasteiger partial charge in [0.2, 0.25) is 5.91 Å². The molecule has 0 spiro atoms. The molecule has 0 saturated heterocycles. The van der Waals surface area contributed by atoms with Crippen molar-refractivity contribution in [3.8, 4) is 0 Å². The summed E-state index contributed by atoms with van der Waals surface area (Å²) >= 11 is 1.37. The van der Waals surface area contributed by atoms with Gasteiger partial charge in [0.25, 0.3) is 5.56 Å². The molecule has 0 radical (unpaired) electrons. The molecule has 20 heavy (non-hydrogen) atoms. The highest BCUT2D eigenvalue weighted by molar-refractivity contribution is 7.15. The predicted octanol–water partition coefficient (Wildman–Crippen LogP) is 1.94. The molecule has 0 aliphatic carbocycles. The number of anilines is 1. The molecule has 0 aliphatic rings. The second kappa shape index (κ2) is 5.26. The van der Waals surface area contributed by atoms with Crippen molar-refractivity contribution in [2.75, 3.05) is 5.32 Å². The van der Waals surface area contributed by atoms with Crippen LogP contribution in [0.1, 0.15) is 5.56 Å². The van der Waals surface area contributed by atoms with Gasteiger partial charge in [0.1, 0.15) is 5.69 Å². The van der Waals surface area contributed by atoms with E-state index in [1.165, 1.54) is 21.9 Å². The Hall–Kier alpha value is -2.47. The van der Waals surface area contributed by atoms with E-state index < -0.39 is 0 Å². The number of carbonyl (C=O) groups is 1. The van der Waals surface area contributed by atoms with E-state index in [0.29, 0.717) is 4.96 Å². The highest BCUT2D eigenvalue weighted by Gasteiger charge is 2.09. The van der Waals surface area contributed by atoms with Crippen LogP contribution in [0.15, 0.2) is 52.9 Å². The van der Waals surface area contributed by atoms with Crippen molar-refractivity contribution in [3.05, 3.63) is 64.0 Å². The number of hydrogen-bond acceptors (Lipinski definition) is 4. The highest BCUT2D eigenvalue weighted by atomic mass is 32.1. The molecule has 0 aliphatic heterocycles. The van der Waals surface area contributed by atoms with Crippen LogP contribution in [-0.4, -0.2) is 15.3 Å². The van der Waals surface area contributed by atoms with Gasteiger partial charge in [-0.1, -0.05) is 30.3 Å². The minimum absolute atomic E-state index is 0.196. The maximum Gasteiger partial charge on any atom is 0.282 e. The Morgan fingerprint density at radius 3 is 2.90 bits per heavy atom. The van der Waals surface area contributed by atoms with Gasteiger partial charge >= 0.3 is 0 Å². The lowest BCUT2D eigenvalue weighted by atomic mass is 10.1. The summed E-state index contributed by atoms with van der Waals surface area (Å²) in [6.45, 7) is 0. The number of nitrogens with one attached hydrogen (secondary N) is 1. The molecule has 5 nitrogen and oxygen atoms in total. The molecule has 1 N–H and O–H groups in total. The van der Waals surface area contributed by atoms with Crippen LogP contribution in [0.25, 0.3) is 4.96 Å². The minimum Gasteiger partial charge on any atom is -0.320 e. The molecule has 100 valence electrons. The summed E-state index contributed by atoms with van der Waals surface area (Å²) in [4.78, 5) is 28.8. The number of nitrogens with zero attached hydrogens (tertiary/aromatic N) is 2. The highest BCUT2D eigenvalue weighted by Crippen LogP contribution is 2.08. The molecule has 1 amide bonds. The fourth-order valence-corrected chi connectivity index (χ4v) is 2.56. The van der Waals surface area contributed by atoms with E-state index in [1.54, 1.807) is 11.6 Å². The van der Waals surface area contributed by atoms with Crippen molar-refractivity contribution in [3.63, 3.8) is 0 Å². The summed E-state index contributed by atoms with van der Waals surface area (Å²) in [6.07, 6.45) is 3.27. The number of benzene rings is 1. The van der Waals surface area contributed by atoms with Crippen LogP contribution in [0, 0.1) is 0 Å². The molecule has 0 atom stereocenters. The second-order valence-electron chi connectivity index (χ2n) is 4.24. The first kappa shape index (κ1) is 12.6. The number of amides is 1. The Bertz CT molecular complexity index is 808. The summed E-state index contributed by atoms with van der Waals surface area (Å²) < 4.78 is 1.42. The van der Waals surface area contributed by atoms with Gasteiger partial charge in [0.05, 0.1) is 12.6 Å².